The van der Waals surface area contributed by atoms with Gasteiger partial charge >= 0.3 is 0 Å². The van der Waals surface area contributed by atoms with E-state index in [2.05, 4.69) is 127 Å². The predicted molar refractivity (Wildman–Crippen MR) is 178 cm³/mol. The molecule has 0 saturated heterocycles. The summed E-state index contributed by atoms with van der Waals surface area (Å²) in [6.07, 6.45) is 0.893. The monoisotopic (exact) mass is 534 g/mol. The molecule has 0 aromatic heterocycles. The van der Waals surface area contributed by atoms with Crippen LogP contribution in [0.1, 0.15) is 10.4 Å². The number of rotatable bonds is 4. The zero-order valence-corrected chi connectivity index (χ0v) is 22.9. The average Bonchev–Trinajstić information content (AvgIpc) is 3.06. The van der Waals surface area contributed by atoms with Crippen LogP contribution in [0, 0.1) is 0 Å². The lowest BCUT2D eigenvalue weighted by Crippen LogP contribution is -1.92. The van der Waals surface area contributed by atoms with Crippen molar-refractivity contribution >= 4 is 49.4 Å². The molecule has 0 spiro atoms. The van der Waals surface area contributed by atoms with Gasteiger partial charge in [-0.25, -0.2) is 0 Å². The van der Waals surface area contributed by atoms with E-state index in [4.69, 9.17) is 0 Å². The molecule has 0 atom stereocenters. The maximum Gasteiger partial charge on any atom is 0.150 e. The number of hydrogen-bond donors (Lipinski definition) is 0. The smallest absolute Gasteiger partial charge is 0.150 e. The molecule has 1 nitrogen and oxygen atoms in total. The number of fused-ring (bicyclic) bond motifs is 4. The van der Waals surface area contributed by atoms with Gasteiger partial charge in [-0.3, -0.25) is 4.79 Å². The van der Waals surface area contributed by atoms with E-state index in [-0.39, 0.29) is 0 Å². The Morgan fingerprint density at radius 2 is 0.786 bits per heavy atom. The summed E-state index contributed by atoms with van der Waals surface area (Å²) >= 11 is 0. The van der Waals surface area contributed by atoms with Crippen LogP contribution in [0.4, 0.5) is 0 Å². The van der Waals surface area contributed by atoms with Crippen molar-refractivity contribution in [3.63, 3.8) is 0 Å². The van der Waals surface area contributed by atoms with E-state index < -0.39 is 0 Å². The molecule has 0 N–H and O–H groups in total. The van der Waals surface area contributed by atoms with E-state index in [1.54, 1.807) is 0 Å². The van der Waals surface area contributed by atoms with Gasteiger partial charge in [0.25, 0.3) is 0 Å². The quantitative estimate of drug-likeness (QED) is 0.162. The third-order valence-corrected chi connectivity index (χ3v) is 8.48. The van der Waals surface area contributed by atoms with E-state index in [9.17, 15) is 4.79 Å². The van der Waals surface area contributed by atoms with Gasteiger partial charge in [0.2, 0.25) is 0 Å². The number of hydrogen-bond acceptors (Lipinski definition) is 1. The van der Waals surface area contributed by atoms with Crippen molar-refractivity contribution in [1.82, 2.24) is 0 Å². The summed E-state index contributed by atoms with van der Waals surface area (Å²) in [6.45, 7) is 0. The van der Waals surface area contributed by atoms with Crippen molar-refractivity contribution in [2.75, 3.05) is 0 Å². The molecule has 8 aromatic carbocycles. The topological polar surface area (TPSA) is 17.1 Å². The summed E-state index contributed by atoms with van der Waals surface area (Å²) in [4.78, 5) is 11.3. The highest BCUT2D eigenvalue weighted by molar-refractivity contribution is 6.22. The maximum absolute atomic E-state index is 11.3. The minimum Gasteiger partial charge on any atom is -0.298 e. The second-order valence-electron chi connectivity index (χ2n) is 10.9. The molecule has 0 heterocycles. The normalized spacial score (nSPS) is 11.4. The van der Waals surface area contributed by atoms with Gasteiger partial charge in [-0.05, 0) is 94.7 Å². The molecule has 196 valence electrons. The van der Waals surface area contributed by atoms with Gasteiger partial charge in [-0.2, -0.15) is 0 Å². The first kappa shape index (κ1) is 24.3. The van der Waals surface area contributed by atoms with Gasteiger partial charge in [0.1, 0.15) is 6.29 Å². The van der Waals surface area contributed by atoms with Crippen LogP contribution in [0.5, 0.6) is 0 Å². The fourth-order valence-corrected chi connectivity index (χ4v) is 6.42. The van der Waals surface area contributed by atoms with Gasteiger partial charge in [0.05, 0.1) is 0 Å². The predicted octanol–water partition coefficient (Wildman–Crippen LogP) is 11.1. The zero-order valence-electron chi connectivity index (χ0n) is 22.9. The molecular weight excluding hydrogens is 508 g/mol. The van der Waals surface area contributed by atoms with Crippen molar-refractivity contribution in [3.8, 4) is 33.4 Å². The molecule has 0 radical (unpaired) electrons. The van der Waals surface area contributed by atoms with Crippen LogP contribution in [0.25, 0.3) is 76.5 Å². The van der Waals surface area contributed by atoms with Gasteiger partial charge in [-0.15, -0.1) is 0 Å². The van der Waals surface area contributed by atoms with Crippen LogP contribution in [0.3, 0.4) is 0 Å². The Kier molecular flexibility index (Phi) is 5.68. The van der Waals surface area contributed by atoms with Crippen molar-refractivity contribution < 1.29 is 4.79 Å². The Hall–Kier alpha value is -5.53. The van der Waals surface area contributed by atoms with E-state index >= 15 is 0 Å². The molecule has 8 aromatic rings. The van der Waals surface area contributed by atoms with Crippen LogP contribution >= 0.6 is 0 Å². The van der Waals surface area contributed by atoms with E-state index in [0.29, 0.717) is 5.56 Å². The van der Waals surface area contributed by atoms with Crippen molar-refractivity contribution in [3.05, 3.63) is 157 Å². The standard InChI is InChI=1S/C41H26O/c42-26-27-13-15-30(16-14-27)33-21-22-38-39(25-33)41(35-20-18-29-8-2-4-10-32(29)24-35)37-12-6-5-11-36(37)40(38)34-19-17-28-7-1-3-9-31(28)23-34/h1-26H. The van der Waals surface area contributed by atoms with Crippen LogP contribution in [0.2, 0.25) is 0 Å². The minimum atomic E-state index is 0.681. The van der Waals surface area contributed by atoms with Crippen LogP contribution < -0.4 is 0 Å². The van der Waals surface area contributed by atoms with Crippen LogP contribution in [-0.4, -0.2) is 6.29 Å². The Balaban J connectivity index is 1.49. The molecule has 1 heteroatoms. The largest absolute Gasteiger partial charge is 0.298 e. The highest BCUT2D eigenvalue weighted by atomic mass is 16.1. The van der Waals surface area contributed by atoms with E-state index in [1.807, 2.05) is 24.3 Å². The van der Waals surface area contributed by atoms with E-state index in [0.717, 1.165) is 17.4 Å². The van der Waals surface area contributed by atoms with Crippen molar-refractivity contribution in [1.29, 1.82) is 0 Å². The number of benzene rings is 8. The minimum absolute atomic E-state index is 0.681. The third-order valence-electron chi connectivity index (χ3n) is 8.48. The Morgan fingerprint density at radius 3 is 1.36 bits per heavy atom. The molecule has 0 unspecified atom stereocenters. The Bertz CT molecular complexity index is 2310. The van der Waals surface area contributed by atoms with E-state index in [1.165, 1.54) is 65.3 Å². The van der Waals surface area contributed by atoms with Gasteiger partial charge < -0.3 is 0 Å². The summed E-state index contributed by atoms with van der Waals surface area (Å²) in [5.41, 5.74) is 7.80. The fourth-order valence-electron chi connectivity index (χ4n) is 6.42. The van der Waals surface area contributed by atoms with Crippen molar-refractivity contribution in [2.45, 2.75) is 0 Å². The first-order chi connectivity index (χ1) is 20.8. The zero-order chi connectivity index (χ0) is 28.0. The highest BCUT2D eigenvalue weighted by Gasteiger charge is 2.18. The first-order valence-corrected chi connectivity index (χ1v) is 14.3. The van der Waals surface area contributed by atoms with Gasteiger partial charge in [0.15, 0.2) is 0 Å². The second-order valence-corrected chi connectivity index (χ2v) is 10.9. The number of carbonyl (C=O) groups excluding carboxylic acids is 1. The highest BCUT2D eigenvalue weighted by Crippen LogP contribution is 2.45. The van der Waals surface area contributed by atoms with Crippen LogP contribution in [0.15, 0.2) is 152 Å². The molecule has 8 rings (SSSR count). The maximum atomic E-state index is 11.3. The molecule has 0 aliphatic rings. The number of aldehydes is 1. The SMILES string of the molecule is O=Cc1ccc(-c2ccc3c(-c4ccc5ccccc5c4)c4ccccc4c(-c4ccc5ccccc5c4)c3c2)cc1. The van der Waals surface area contributed by atoms with Gasteiger partial charge in [0, 0.05) is 5.56 Å². The number of carbonyl (C=O) groups is 1. The average molecular weight is 535 g/mol. The second kappa shape index (κ2) is 9.83. The summed E-state index contributed by atoms with van der Waals surface area (Å²) in [5.74, 6) is 0. The Labute approximate surface area is 244 Å². The molecule has 0 aliphatic heterocycles. The molecular formula is C41H26O. The summed E-state index contributed by atoms with van der Waals surface area (Å²) in [7, 11) is 0. The van der Waals surface area contributed by atoms with Crippen molar-refractivity contribution in [2.24, 2.45) is 0 Å². The lowest BCUT2D eigenvalue weighted by atomic mass is 9.84. The summed E-state index contributed by atoms with van der Waals surface area (Å²) in [5, 5.41) is 9.85. The molecule has 0 bridgehead atoms. The lowest BCUT2D eigenvalue weighted by Gasteiger charge is -2.19. The lowest BCUT2D eigenvalue weighted by molar-refractivity contribution is 0.112. The molecule has 0 aliphatic carbocycles. The van der Waals surface area contributed by atoms with Crippen LogP contribution in [-0.2, 0) is 0 Å². The fraction of sp³-hybridized carbons (Fsp3) is 0. The summed E-state index contributed by atoms with van der Waals surface area (Å²) < 4.78 is 0. The first-order valence-electron chi connectivity index (χ1n) is 14.3. The third kappa shape index (κ3) is 3.98. The Morgan fingerprint density at radius 1 is 0.333 bits per heavy atom. The molecule has 0 fully saturated rings. The molecule has 0 amide bonds. The molecule has 0 saturated carbocycles. The van der Waals surface area contributed by atoms with Gasteiger partial charge in [-0.1, -0.05) is 133 Å². The molecule has 42 heavy (non-hydrogen) atoms. The summed E-state index contributed by atoms with van der Waals surface area (Å²) in [6, 6.07) is 54.2.